The molecular formula is C20H25N9O14P2. The summed E-state index contributed by atoms with van der Waals surface area (Å²) in [6.45, 7) is -1.62. The average molecular weight is 677 g/mol. The Kier molecular flexibility index (Phi) is 8.45. The van der Waals surface area contributed by atoms with Crippen LogP contribution < -0.4 is 17.0 Å². The maximum atomic E-state index is 13.1. The molecule has 9 N–H and O–H groups in total. The molecule has 0 amide bonds. The summed E-state index contributed by atoms with van der Waals surface area (Å²) in [4.78, 5) is 64.1. The van der Waals surface area contributed by atoms with E-state index < -0.39 is 89.6 Å². The molecule has 0 bridgehead atoms. The molecule has 6 heterocycles. The maximum Gasteiger partial charge on any atom is 0.472 e. The normalized spacial score (nSPS) is 30.7. The Labute approximate surface area is 248 Å². The number of H-pyrrole nitrogens is 2. The quantitative estimate of drug-likeness (QED) is 0.0758. The van der Waals surface area contributed by atoms with Crippen molar-refractivity contribution in [2.45, 2.75) is 49.1 Å². The van der Waals surface area contributed by atoms with E-state index in [4.69, 9.17) is 28.8 Å². The third kappa shape index (κ3) is 5.85. The highest BCUT2D eigenvalue weighted by atomic mass is 31.2. The predicted octanol–water partition coefficient (Wildman–Crippen LogP) is -3.39. The number of aromatic nitrogens is 8. The molecule has 25 heteroatoms. The van der Waals surface area contributed by atoms with E-state index in [1.807, 2.05) is 4.98 Å². The number of nitrogens with zero attached hydrogens (tertiary/aromatic N) is 6. The molecule has 2 aliphatic rings. The predicted molar refractivity (Wildman–Crippen MR) is 144 cm³/mol. The molecule has 0 aromatic carbocycles. The van der Waals surface area contributed by atoms with Crippen molar-refractivity contribution in [1.82, 2.24) is 39.0 Å². The van der Waals surface area contributed by atoms with Gasteiger partial charge < -0.3 is 44.8 Å². The number of ether oxygens (including phenoxy) is 2. The average Bonchev–Trinajstić information content (AvgIpc) is 3.73. The molecule has 2 fully saturated rings. The second-order valence-electron chi connectivity index (χ2n) is 9.82. The van der Waals surface area contributed by atoms with E-state index in [0.717, 1.165) is 17.2 Å². The van der Waals surface area contributed by atoms with Crippen molar-refractivity contribution in [3.05, 3.63) is 39.8 Å². The van der Waals surface area contributed by atoms with Crippen LogP contribution in [-0.2, 0) is 32.2 Å². The van der Waals surface area contributed by atoms with Gasteiger partial charge in [0, 0.05) is 0 Å². The monoisotopic (exact) mass is 677 g/mol. The van der Waals surface area contributed by atoms with Crippen molar-refractivity contribution >= 4 is 44.2 Å². The van der Waals surface area contributed by atoms with E-state index in [1.165, 1.54) is 10.9 Å². The molecule has 2 saturated heterocycles. The summed E-state index contributed by atoms with van der Waals surface area (Å²) in [6.07, 6.45) is -8.96. The molecule has 0 radical (unpaired) electrons. The zero-order valence-electron chi connectivity index (χ0n) is 22.4. The molecule has 4 aromatic heterocycles. The van der Waals surface area contributed by atoms with Gasteiger partial charge in [0.1, 0.15) is 54.1 Å². The molecule has 23 nitrogen and oxygen atoms in total. The minimum absolute atomic E-state index is 0.0272. The molecule has 244 valence electrons. The number of aromatic amines is 2. The maximum absolute atomic E-state index is 13.1. The number of nitrogens with one attached hydrogen (secondary N) is 2. The number of rotatable bonds is 10. The summed E-state index contributed by atoms with van der Waals surface area (Å²) in [5.74, 6) is 0.0272. The molecule has 2 unspecified atom stereocenters. The number of nitrogen functional groups attached to an aromatic ring is 1. The Morgan fingerprint density at radius 3 is 2.44 bits per heavy atom. The van der Waals surface area contributed by atoms with Crippen LogP contribution >= 0.6 is 16.1 Å². The van der Waals surface area contributed by atoms with Crippen LogP contribution in [0, 0.1) is 0 Å². The number of fused-ring (bicyclic) bond motifs is 2. The molecule has 4 aromatic rings. The van der Waals surface area contributed by atoms with Crippen LogP contribution in [0.3, 0.4) is 0 Å². The van der Waals surface area contributed by atoms with Gasteiger partial charge in [-0.3, -0.25) is 37.5 Å². The first-order valence-electron chi connectivity index (χ1n) is 12.8. The largest absolute Gasteiger partial charge is 0.472 e. The fraction of sp³-hybridized carbons (Fsp3) is 0.500. The number of aliphatic hydroxyl groups excluding tert-OH is 3. The summed E-state index contributed by atoms with van der Waals surface area (Å²) in [7, 11) is -8.87. The summed E-state index contributed by atoms with van der Waals surface area (Å²) in [5, 5.41) is 31.3. The van der Waals surface area contributed by atoms with Crippen LogP contribution in [0.25, 0.3) is 22.3 Å². The smallest absolute Gasteiger partial charge is 0.394 e. The Balaban J connectivity index is 1.23. The SMILES string of the molecule is Nc1ncnc2c1ncn2[C@@H]1O[C@H](COP(=O)(O)O[C@@H]2[C@H](O)[C@@H](CO)O[C@H]2n2cnc3c(=O)[nH]c(=O)[nH]c32)[C@@H](O[PH](=O)O)[C@H]1O. The van der Waals surface area contributed by atoms with E-state index in [-0.39, 0.29) is 28.1 Å². The number of aliphatic hydroxyl groups is 3. The Morgan fingerprint density at radius 2 is 1.71 bits per heavy atom. The fourth-order valence-electron chi connectivity index (χ4n) is 5.11. The third-order valence-electron chi connectivity index (χ3n) is 7.10. The molecule has 10 atom stereocenters. The second-order valence-corrected chi connectivity index (χ2v) is 12.0. The van der Waals surface area contributed by atoms with Gasteiger partial charge in [-0.2, -0.15) is 0 Å². The topological polar surface area (TPSA) is 335 Å². The Morgan fingerprint density at radius 1 is 1.00 bits per heavy atom. The lowest BCUT2D eigenvalue weighted by molar-refractivity contribution is -0.0609. The molecule has 0 aliphatic carbocycles. The van der Waals surface area contributed by atoms with Crippen LogP contribution in [-0.4, -0.2) is 114 Å². The number of anilines is 1. The fourth-order valence-corrected chi connectivity index (χ4v) is 6.56. The number of nitrogens with two attached hydrogens (primary N) is 1. The molecule has 0 spiro atoms. The molecule has 0 saturated carbocycles. The van der Waals surface area contributed by atoms with Crippen molar-refractivity contribution in [1.29, 1.82) is 0 Å². The summed E-state index contributed by atoms with van der Waals surface area (Å²) >= 11 is 0. The van der Waals surface area contributed by atoms with Gasteiger partial charge in [0.05, 0.1) is 25.9 Å². The van der Waals surface area contributed by atoms with Gasteiger partial charge in [-0.1, -0.05) is 0 Å². The summed E-state index contributed by atoms with van der Waals surface area (Å²) in [6, 6.07) is 0. The second kappa shape index (κ2) is 12.1. The molecular weight excluding hydrogens is 652 g/mol. The zero-order valence-corrected chi connectivity index (χ0v) is 24.3. The lowest BCUT2D eigenvalue weighted by Crippen LogP contribution is -2.36. The number of hydrogen-bond acceptors (Lipinski definition) is 17. The van der Waals surface area contributed by atoms with E-state index in [1.54, 1.807) is 0 Å². The van der Waals surface area contributed by atoms with E-state index in [9.17, 15) is 43.8 Å². The minimum atomic E-state index is -5.19. The van der Waals surface area contributed by atoms with E-state index in [2.05, 4.69) is 24.9 Å². The van der Waals surface area contributed by atoms with Gasteiger partial charge in [0.25, 0.3) is 5.56 Å². The Hall–Kier alpha value is -3.44. The summed E-state index contributed by atoms with van der Waals surface area (Å²) in [5.41, 5.74) is 3.93. The van der Waals surface area contributed by atoms with Gasteiger partial charge in [-0.25, -0.2) is 29.3 Å². The van der Waals surface area contributed by atoms with Crippen LogP contribution in [0.1, 0.15) is 12.5 Å². The number of imidazole rings is 2. The van der Waals surface area contributed by atoms with Crippen LogP contribution in [0.4, 0.5) is 5.82 Å². The zero-order chi connectivity index (χ0) is 32.2. The summed E-state index contributed by atoms with van der Waals surface area (Å²) < 4.78 is 53.6. The first-order valence-corrected chi connectivity index (χ1v) is 15.6. The van der Waals surface area contributed by atoms with Crippen LogP contribution in [0.2, 0.25) is 0 Å². The number of hydrogen-bond donors (Lipinski definition) is 8. The lowest BCUT2D eigenvalue weighted by atomic mass is 10.1. The van der Waals surface area contributed by atoms with Crippen molar-refractivity contribution in [3.8, 4) is 0 Å². The molecule has 45 heavy (non-hydrogen) atoms. The van der Waals surface area contributed by atoms with E-state index in [0.29, 0.717) is 0 Å². The lowest BCUT2D eigenvalue weighted by Gasteiger charge is -2.25. The number of phosphoric ester groups is 1. The van der Waals surface area contributed by atoms with Gasteiger partial charge in [-0.05, 0) is 0 Å². The van der Waals surface area contributed by atoms with Crippen molar-refractivity contribution < 1.29 is 57.3 Å². The minimum Gasteiger partial charge on any atom is -0.394 e. The first kappa shape index (κ1) is 31.5. The van der Waals surface area contributed by atoms with Gasteiger partial charge >= 0.3 is 21.8 Å². The molecule has 2 aliphatic heterocycles. The highest BCUT2D eigenvalue weighted by molar-refractivity contribution is 7.47. The van der Waals surface area contributed by atoms with Crippen LogP contribution in [0.5, 0.6) is 0 Å². The standard InChI is InChI=1S/C20H25N9O14P2/c21-14-8-15(23-3-22-14)28(4-24-8)18-11(32)12(42-44(35)36)7(41-18)2-39-45(37,38)43-13-10(31)6(1-30)40-19(13)29-5-25-9-16(29)26-20(34)27-17(9)33/h3-7,10-13,18-19,30-32,44H,1-2H2,(H,35,36)(H,37,38)(H2,21,22,23)(H2,26,27,33,34)/t6-,7-,10-,11-,12-,13-,18-,19-/m1/s1. The van der Waals surface area contributed by atoms with Crippen molar-refractivity contribution in [2.24, 2.45) is 0 Å². The molecule has 6 rings (SSSR count). The van der Waals surface area contributed by atoms with Crippen molar-refractivity contribution in [2.75, 3.05) is 18.9 Å². The highest BCUT2D eigenvalue weighted by Gasteiger charge is 2.51. The van der Waals surface area contributed by atoms with Gasteiger partial charge in [0.2, 0.25) is 0 Å². The van der Waals surface area contributed by atoms with Crippen molar-refractivity contribution in [3.63, 3.8) is 0 Å². The van der Waals surface area contributed by atoms with Gasteiger partial charge in [-0.15, -0.1) is 0 Å². The highest BCUT2D eigenvalue weighted by Crippen LogP contribution is 2.50. The van der Waals surface area contributed by atoms with Gasteiger partial charge in [0.15, 0.2) is 29.4 Å². The first-order chi connectivity index (χ1) is 21.4. The van der Waals surface area contributed by atoms with E-state index >= 15 is 0 Å². The third-order valence-corrected chi connectivity index (χ3v) is 8.56. The Bertz CT molecular complexity index is 1910. The number of phosphoric acid groups is 1. The van der Waals surface area contributed by atoms with Crippen LogP contribution in [0.15, 0.2) is 28.6 Å².